The molecule has 0 nitrogen and oxygen atoms in total. The van der Waals surface area contributed by atoms with E-state index in [1.807, 2.05) is 0 Å². The van der Waals surface area contributed by atoms with Gasteiger partial charge >= 0.3 is 101 Å². The van der Waals surface area contributed by atoms with Gasteiger partial charge in [0.15, 0.2) is 0 Å². The first kappa shape index (κ1) is 17.3. The maximum absolute atomic E-state index is 2.45. The Hall–Kier alpha value is 0.293. The molecule has 0 unspecified atom stereocenters. The SMILES string of the molecule is CC1=CC[C]([Zr]([C]2=CC=CC2)=[C](C)C)=C1.Cl.Cl. The zero-order valence-electron chi connectivity index (χ0n) is 10.6. The molecule has 0 atom stereocenters. The van der Waals surface area contributed by atoms with Gasteiger partial charge in [-0.2, -0.15) is 0 Å². The number of hydrogen-bond acceptors (Lipinski definition) is 0. The normalized spacial score (nSPS) is 16.5. The van der Waals surface area contributed by atoms with E-state index >= 15 is 0 Å². The van der Waals surface area contributed by atoms with Crippen LogP contribution >= 0.6 is 24.8 Å². The topological polar surface area (TPSA) is 0 Å². The molecule has 94 valence electrons. The summed E-state index contributed by atoms with van der Waals surface area (Å²) >= 11 is -1.55. The van der Waals surface area contributed by atoms with E-state index in [-0.39, 0.29) is 24.8 Å². The summed E-state index contributed by atoms with van der Waals surface area (Å²) in [6.07, 6.45) is 14.2. The molecular formula is C14H20Cl2Zr. The summed E-state index contributed by atoms with van der Waals surface area (Å²) in [4.78, 5) is 0. The largest absolute Gasteiger partial charge is 0.147 e. The zero-order valence-corrected chi connectivity index (χ0v) is 14.7. The Labute approximate surface area is 125 Å². The molecule has 0 radical (unpaired) electrons. The van der Waals surface area contributed by atoms with Gasteiger partial charge in [-0.05, 0) is 0 Å². The molecule has 0 heterocycles. The summed E-state index contributed by atoms with van der Waals surface area (Å²) in [5, 5.41) is 0. The molecule has 0 bridgehead atoms. The van der Waals surface area contributed by atoms with Gasteiger partial charge in [-0.25, -0.2) is 0 Å². The number of halogens is 2. The Kier molecular flexibility index (Phi) is 7.80. The average Bonchev–Trinajstić information content (AvgIpc) is 2.77. The van der Waals surface area contributed by atoms with E-state index in [2.05, 4.69) is 51.2 Å². The van der Waals surface area contributed by atoms with Crippen molar-refractivity contribution in [3.8, 4) is 0 Å². The molecule has 0 aromatic heterocycles. The molecule has 0 spiro atoms. The Morgan fingerprint density at radius 2 is 1.82 bits per heavy atom. The average molecular weight is 350 g/mol. The van der Waals surface area contributed by atoms with Gasteiger partial charge in [-0.15, -0.1) is 24.8 Å². The van der Waals surface area contributed by atoms with Crippen molar-refractivity contribution in [2.45, 2.75) is 33.6 Å². The number of hydrogen-bond donors (Lipinski definition) is 0. The second-order valence-corrected chi connectivity index (χ2v) is 12.0. The van der Waals surface area contributed by atoms with E-state index in [0.717, 1.165) is 0 Å². The van der Waals surface area contributed by atoms with Crippen LogP contribution in [-0.4, -0.2) is 3.21 Å². The van der Waals surface area contributed by atoms with Gasteiger partial charge in [0, 0.05) is 0 Å². The molecule has 0 aromatic rings. The van der Waals surface area contributed by atoms with Crippen molar-refractivity contribution in [2.24, 2.45) is 0 Å². The Bertz CT molecular complexity index is 433. The molecule has 0 amide bonds. The second-order valence-electron chi connectivity index (χ2n) is 4.52. The van der Waals surface area contributed by atoms with Crippen molar-refractivity contribution in [2.75, 3.05) is 0 Å². The molecule has 0 aliphatic heterocycles. The van der Waals surface area contributed by atoms with Crippen molar-refractivity contribution in [3.63, 3.8) is 0 Å². The monoisotopic (exact) mass is 348 g/mol. The summed E-state index contributed by atoms with van der Waals surface area (Å²) in [6.45, 7) is 6.89. The fourth-order valence-electron chi connectivity index (χ4n) is 2.32. The summed E-state index contributed by atoms with van der Waals surface area (Å²) < 4.78 is 5.23. The Morgan fingerprint density at radius 1 is 1.12 bits per heavy atom. The summed E-state index contributed by atoms with van der Waals surface area (Å²) in [5.74, 6) is 0. The zero-order chi connectivity index (χ0) is 10.8. The van der Waals surface area contributed by atoms with Crippen LogP contribution in [0.25, 0.3) is 0 Å². The third kappa shape index (κ3) is 4.16. The van der Waals surface area contributed by atoms with Gasteiger partial charge in [0.25, 0.3) is 0 Å². The first-order valence-corrected chi connectivity index (χ1v) is 9.28. The molecule has 2 aliphatic carbocycles. The van der Waals surface area contributed by atoms with Gasteiger partial charge in [0.2, 0.25) is 0 Å². The summed E-state index contributed by atoms with van der Waals surface area (Å²) in [5.41, 5.74) is 1.47. The van der Waals surface area contributed by atoms with Gasteiger partial charge in [0.1, 0.15) is 0 Å². The van der Waals surface area contributed by atoms with E-state index in [1.165, 1.54) is 18.4 Å². The van der Waals surface area contributed by atoms with Crippen LogP contribution in [0.15, 0.2) is 42.5 Å². The molecule has 3 heteroatoms. The molecule has 2 rings (SSSR count). The molecule has 0 saturated heterocycles. The van der Waals surface area contributed by atoms with Crippen molar-refractivity contribution < 1.29 is 21.3 Å². The van der Waals surface area contributed by atoms with Crippen LogP contribution in [0.5, 0.6) is 0 Å². The van der Waals surface area contributed by atoms with Crippen LogP contribution in [0.2, 0.25) is 0 Å². The second kappa shape index (κ2) is 7.67. The maximum atomic E-state index is 2.45. The van der Waals surface area contributed by atoms with Crippen LogP contribution in [0, 0.1) is 0 Å². The predicted octanol–water partition coefficient (Wildman–Crippen LogP) is 4.74. The van der Waals surface area contributed by atoms with E-state index in [1.54, 1.807) is 9.77 Å². The minimum absolute atomic E-state index is 0. The quantitative estimate of drug-likeness (QED) is 0.675. The Morgan fingerprint density at radius 3 is 2.24 bits per heavy atom. The van der Waals surface area contributed by atoms with Crippen LogP contribution in [0.3, 0.4) is 0 Å². The molecule has 0 N–H and O–H groups in total. The van der Waals surface area contributed by atoms with Gasteiger partial charge in [-0.1, -0.05) is 0 Å². The van der Waals surface area contributed by atoms with Crippen molar-refractivity contribution >= 4 is 28.0 Å². The molecule has 0 fully saturated rings. The van der Waals surface area contributed by atoms with Crippen molar-refractivity contribution in [3.05, 3.63) is 42.5 Å². The molecule has 0 aromatic carbocycles. The summed E-state index contributed by atoms with van der Waals surface area (Å²) in [7, 11) is 0. The van der Waals surface area contributed by atoms with E-state index < -0.39 is 21.3 Å². The van der Waals surface area contributed by atoms with Crippen LogP contribution < -0.4 is 0 Å². The van der Waals surface area contributed by atoms with Gasteiger partial charge in [0.05, 0.1) is 0 Å². The molecule has 0 saturated carbocycles. The molecular weight excluding hydrogens is 330 g/mol. The molecule has 2 aliphatic rings. The smallest absolute Gasteiger partial charge is 0.147 e. The van der Waals surface area contributed by atoms with E-state index in [9.17, 15) is 0 Å². The summed E-state index contributed by atoms with van der Waals surface area (Å²) in [6, 6.07) is 0. The molecule has 17 heavy (non-hydrogen) atoms. The van der Waals surface area contributed by atoms with Crippen LogP contribution in [0.4, 0.5) is 0 Å². The van der Waals surface area contributed by atoms with Gasteiger partial charge < -0.3 is 0 Å². The van der Waals surface area contributed by atoms with E-state index in [4.69, 9.17) is 0 Å². The first-order valence-electron chi connectivity index (χ1n) is 5.59. The standard InChI is InChI=1S/C6H7.C5H5.C3H6.2ClH.Zr/c1-6-4-2-3-5-6;1-2-4-5-3-1;1-3-2;;;/h4-5H,2H2,1H3;1-3H,4H2;1-2H3;2*1H;. The van der Waals surface area contributed by atoms with Crippen LogP contribution in [-0.2, 0) is 21.3 Å². The Balaban J connectivity index is 0.00000128. The first-order chi connectivity index (χ1) is 7.18. The maximum Gasteiger partial charge on any atom is -0.147 e. The fraction of sp³-hybridized carbons (Fsp3) is 0.357. The minimum atomic E-state index is -1.55. The predicted molar refractivity (Wildman–Crippen MR) is 79.1 cm³/mol. The van der Waals surface area contributed by atoms with Crippen LogP contribution in [0.1, 0.15) is 33.6 Å². The van der Waals surface area contributed by atoms with E-state index in [0.29, 0.717) is 0 Å². The van der Waals surface area contributed by atoms with Crippen molar-refractivity contribution in [1.82, 2.24) is 0 Å². The fourth-order valence-corrected chi connectivity index (χ4v) is 9.59. The number of allylic oxidation sites excluding steroid dienone is 8. The van der Waals surface area contributed by atoms with Gasteiger partial charge in [-0.3, -0.25) is 0 Å². The van der Waals surface area contributed by atoms with Crippen molar-refractivity contribution in [1.29, 1.82) is 0 Å². The third-order valence-electron chi connectivity index (χ3n) is 2.96. The number of rotatable bonds is 2. The minimum Gasteiger partial charge on any atom is -0.147 e. The third-order valence-corrected chi connectivity index (χ3v) is 10.3.